The van der Waals surface area contributed by atoms with Gasteiger partial charge in [-0.1, -0.05) is 6.07 Å². The van der Waals surface area contributed by atoms with Crippen molar-refractivity contribution in [1.82, 2.24) is 10.2 Å². The van der Waals surface area contributed by atoms with E-state index < -0.39 is 16.9 Å². The van der Waals surface area contributed by atoms with Gasteiger partial charge in [-0.2, -0.15) is 0 Å². The molecule has 0 saturated carbocycles. The Hall–Kier alpha value is -2.48. The number of hydrogen-bond acceptors (Lipinski definition) is 5. The standard InChI is InChI=1S/C15H20N4O4/c1-10(15(21)18-7-3-5-12(16)9-18)17-14(20)11-4-2-6-13(8-11)19(22)23/h2,4,6,8,10,12H,3,5,7,9,16H2,1H3,(H,17,20). The third-order valence-electron chi connectivity index (χ3n) is 3.81. The molecule has 2 unspecified atom stereocenters. The number of likely N-dealkylation sites (tertiary alicyclic amines) is 1. The van der Waals surface area contributed by atoms with Crippen LogP contribution < -0.4 is 11.1 Å². The molecule has 1 heterocycles. The molecule has 0 aliphatic carbocycles. The van der Waals surface area contributed by atoms with Crippen LogP contribution in [-0.2, 0) is 4.79 Å². The van der Waals surface area contributed by atoms with Gasteiger partial charge in [0.25, 0.3) is 11.6 Å². The Morgan fingerprint density at radius 3 is 2.87 bits per heavy atom. The summed E-state index contributed by atoms with van der Waals surface area (Å²) in [5.74, 6) is -0.713. The van der Waals surface area contributed by atoms with Crippen LogP contribution in [-0.4, -0.2) is 46.8 Å². The first kappa shape index (κ1) is 16.9. The molecule has 124 valence electrons. The quantitative estimate of drug-likeness (QED) is 0.624. The summed E-state index contributed by atoms with van der Waals surface area (Å²) in [6.45, 7) is 2.71. The molecule has 3 N–H and O–H groups in total. The van der Waals surface area contributed by atoms with E-state index in [1.54, 1.807) is 11.8 Å². The van der Waals surface area contributed by atoms with E-state index in [9.17, 15) is 19.7 Å². The van der Waals surface area contributed by atoms with E-state index in [4.69, 9.17) is 5.73 Å². The largest absolute Gasteiger partial charge is 0.341 e. The molecular weight excluding hydrogens is 300 g/mol. The lowest BCUT2D eigenvalue weighted by atomic mass is 10.1. The molecule has 0 radical (unpaired) electrons. The van der Waals surface area contributed by atoms with Crippen molar-refractivity contribution in [3.05, 3.63) is 39.9 Å². The molecule has 1 aliphatic heterocycles. The summed E-state index contributed by atoms with van der Waals surface area (Å²) in [7, 11) is 0. The molecule has 0 spiro atoms. The van der Waals surface area contributed by atoms with Gasteiger partial charge < -0.3 is 16.0 Å². The van der Waals surface area contributed by atoms with Crippen LogP contribution in [0.3, 0.4) is 0 Å². The third-order valence-corrected chi connectivity index (χ3v) is 3.81. The average Bonchev–Trinajstić information content (AvgIpc) is 2.54. The number of hydrogen-bond donors (Lipinski definition) is 2. The number of nitrogens with zero attached hydrogens (tertiary/aromatic N) is 2. The van der Waals surface area contributed by atoms with Crippen LogP contribution in [0.4, 0.5) is 5.69 Å². The van der Waals surface area contributed by atoms with Crippen molar-refractivity contribution in [2.24, 2.45) is 5.73 Å². The van der Waals surface area contributed by atoms with Gasteiger partial charge in [0.2, 0.25) is 5.91 Å². The fraction of sp³-hybridized carbons (Fsp3) is 0.467. The van der Waals surface area contributed by atoms with Gasteiger partial charge >= 0.3 is 0 Å². The second kappa shape index (κ2) is 7.19. The molecule has 0 aromatic heterocycles. The number of piperidine rings is 1. The zero-order valence-corrected chi connectivity index (χ0v) is 12.9. The summed E-state index contributed by atoms with van der Waals surface area (Å²) in [4.78, 5) is 36.3. The lowest BCUT2D eigenvalue weighted by molar-refractivity contribution is -0.384. The minimum atomic E-state index is -0.716. The van der Waals surface area contributed by atoms with Gasteiger partial charge in [0.1, 0.15) is 6.04 Å². The number of amides is 2. The lowest BCUT2D eigenvalue weighted by Gasteiger charge is -2.32. The SMILES string of the molecule is CC(NC(=O)c1cccc([N+](=O)[O-])c1)C(=O)N1CCCC(N)C1. The topological polar surface area (TPSA) is 119 Å². The summed E-state index contributed by atoms with van der Waals surface area (Å²) in [6, 6.07) is 4.64. The minimum Gasteiger partial charge on any atom is -0.341 e. The Morgan fingerprint density at radius 1 is 1.48 bits per heavy atom. The molecule has 1 aliphatic rings. The number of rotatable bonds is 4. The molecule has 0 bridgehead atoms. The van der Waals surface area contributed by atoms with Crippen LogP contribution >= 0.6 is 0 Å². The van der Waals surface area contributed by atoms with Crippen LogP contribution in [0.25, 0.3) is 0 Å². The highest BCUT2D eigenvalue weighted by molar-refractivity contribution is 5.97. The first-order chi connectivity index (χ1) is 10.9. The molecule has 2 atom stereocenters. The highest BCUT2D eigenvalue weighted by atomic mass is 16.6. The smallest absolute Gasteiger partial charge is 0.270 e. The normalized spacial score (nSPS) is 19.0. The van der Waals surface area contributed by atoms with Crippen molar-refractivity contribution in [3.8, 4) is 0 Å². The first-order valence-corrected chi connectivity index (χ1v) is 7.48. The molecule has 1 aromatic rings. The Bertz CT molecular complexity index is 619. The minimum absolute atomic E-state index is 0.0348. The Kier molecular flexibility index (Phi) is 5.28. The van der Waals surface area contributed by atoms with E-state index in [1.165, 1.54) is 24.3 Å². The van der Waals surface area contributed by atoms with E-state index >= 15 is 0 Å². The number of nitro benzene ring substituents is 1. The van der Waals surface area contributed by atoms with Crippen molar-refractivity contribution < 1.29 is 14.5 Å². The van der Waals surface area contributed by atoms with Gasteiger partial charge in [-0.25, -0.2) is 0 Å². The van der Waals surface area contributed by atoms with Crippen LogP contribution in [0.15, 0.2) is 24.3 Å². The Balaban J connectivity index is 2.00. The van der Waals surface area contributed by atoms with Crippen molar-refractivity contribution in [2.75, 3.05) is 13.1 Å². The van der Waals surface area contributed by atoms with Crippen molar-refractivity contribution in [1.29, 1.82) is 0 Å². The monoisotopic (exact) mass is 320 g/mol. The van der Waals surface area contributed by atoms with Crippen molar-refractivity contribution >= 4 is 17.5 Å². The van der Waals surface area contributed by atoms with Crippen LogP contribution in [0.1, 0.15) is 30.1 Å². The number of carbonyl (C=O) groups is 2. The molecule has 1 aromatic carbocycles. The number of nitrogens with two attached hydrogens (primary N) is 1. The van der Waals surface area contributed by atoms with Gasteiger partial charge in [0, 0.05) is 36.8 Å². The molecular formula is C15H20N4O4. The summed E-state index contributed by atoms with van der Waals surface area (Å²) >= 11 is 0. The highest BCUT2D eigenvalue weighted by Crippen LogP contribution is 2.14. The van der Waals surface area contributed by atoms with Gasteiger partial charge in [-0.3, -0.25) is 19.7 Å². The zero-order valence-electron chi connectivity index (χ0n) is 12.9. The zero-order chi connectivity index (χ0) is 17.0. The third kappa shape index (κ3) is 4.26. The highest BCUT2D eigenvalue weighted by Gasteiger charge is 2.26. The average molecular weight is 320 g/mol. The Labute approximate surface area is 133 Å². The molecule has 1 fully saturated rings. The van der Waals surface area contributed by atoms with Crippen LogP contribution in [0, 0.1) is 10.1 Å². The first-order valence-electron chi connectivity index (χ1n) is 7.48. The van der Waals surface area contributed by atoms with E-state index in [1.807, 2.05) is 0 Å². The number of nitrogens with one attached hydrogen (secondary N) is 1. The second-order valence-corrected chi connectivity index (χ2v) is 5.69. The fourth-order valence-corrected chi connectivity index (χ4v) is 2.59. The maximum atomic E-state index is 12.3. The molecule has 2 amide bonds. The lowest BCUT2D eigenvalue weighted by Crippen LogP contribution is -2.52. The molecule has 23 heavy (non-hydrogen) atoms. The predicted octanol–water partition coefficient (Wildman–Crippen LogP) is 0.663. The fourth-order valence-electron chi connectivity index (χ4n) is 2.59. The number of carbonyl (C=O) groups excluding carboxylic acids is 2. The molecule has 2 rings (SSSR count). The Morgan fingerprint density at radius 2 is 2.22 bits per heavy atom. The van der Waals surface area contributed by atoms with E-state index in [0.717, 1.165) is 12.8 Å². The molecule has 8 nitrogen and oxygen atoms in total. The van der Waals surface area contributed by atoms with Crippen LogP contribution in [0.5, 0.6) is 0 Å². The molecule has 1 saturated heterocycles. The van der Waals surface area contributed by atoms with Gasteiger partial charge in [-0.15, -0.1) is 0 Å². The van der Waals surface area contributed by atoms with E-state index in [-0.39, 0.29) is 23.2 Å². The van der Waals surface area contributed by atoms with Gasteiger partial charge in [-0.05, 0) is 25.8 Å². The molecule has 8 heteroatoms. The summed E-state index contributed by atoms with van der Waals surface area (Å²) in [6.07, 6.45) is 1.73. The second-order valence-electron chi connectivity index (χ2n) is 5.69. The maximum absolute atomic E-state index is 12.3. The predicted molar refractivity (Wildman–Crippen MR) is 83.8 cm³/mol. The van der Waals surface area contributed by atoms with Crippen molar-refractivity contribution in [3.63, 3.8) is 0 Å². The summed E-state index contributed by atoms with van der Waals surface area (Å²) < 4.78 is 0. The van der Waals surface area contributed by atoms with Crippen molar-refractivity contribution in [2.45, 2.75) is 31.8 Å². The maximum Gasteiger partial charge on any atom is 0.270 e. The van der Waals surface area contributed by atoms with Gasteiger partial charge in [0.15, 0.2) is 0 Å². The van der Waals surface area contributed by atoms with Crippen LogP contribution in [0.2, 0.25) is 0 Å². The number of nitro groups is 1. The summed E-state index contributed by atoms with van der Waals surface area (Å²) in [5, 5.41) is 13.3. The van der Waals surface area contributed by atoms with E-state index in [2.05, 4.69) is 5.32 Å². The number of non-ortho nitro benzene ring substituents is 1. The van der Waals surface area contributed by atoms with Gasteiger partial charge in [0.05, 0.1) is 4.92 Å². The summed E-state index contributed by atoms with van der Waals surface area (Å²) in [5.41, 5.74) is 5.83. The van der Waals surface area contributed by atoms with E-state index in [0.29, 0.717) is 13.1 Å². The number of benzene rings is 1.